The lowest BCUT2D eigenvalue weighted by Crippen LogP contribution is -2.28. The first-order chi connectivity index (χ1) is 5.95. The van der Waals surface area contributed by atoms with E-state index in [0.29, 0.717) is 12.2 Å². The number of hydrogen-bond donors (Lipinski definition) is 0. The van der Waals surface area contributed by atoms with Gasteiger partial charge in [0.1, 0.15) is 6.61 Å². The van der Waals surface area contributed by atoms with Crippen LogP contribution in [0.1, 0.15) is 38.5 Å². The zero-order valence-electron chi connectivity index (χ0n) is 7.67. The molecule has 1 atom stereocenters. The molecule has 2 fully saturated rings. The lowest BCUT2D eigenvalue weighted by Gasteiger charge is -2.21. The molecule has 2 nitrogen and oxygen atoms in total. The summed E-state index contributed by atoms with van der Waals surface area (Å²) in [6.07, 6.45) is 9.23. The molecule has 1 N–H and O–H groups in total. The van der Waals surface area contributed by atoms with Crippen molar-refractivity contribution < 1.29 is 9.47 Å². The molecule has 1 heterocycles. The molecule has 0 bridgehead atoms. The smallest absolute Gasteiger partial charge is 0.180 e. The lowest BCUT2D eigenvalue weighted by atomic mass is 9.97. The van der Waals surface area contributed by atoms with Gasteiger partial charge in [-0.25, -0.2) is 0 Å². The van der Waals surface area contributed by atoms with Gasteiger partial charge in [0.25, 0.3) is 0 Å². The van der Waals surface area contributed by atoms with E-state index in [-0.39, 0.29) is 0 Å². The third-order valence-corrected chi connectivity index (χ3v) is 2.90. The second kappa shape index (κ2) is 4.24. The van der Waals surface area contributed by atoms with Crippen molar-refractivity contribution in [2.75, 3.05) is 13.2 Å². The molecule has 12 heavy (non-hydrogen) atoms. The van der Waals surface area contributed by atoms with Gasteiger partial charge in [-0.1, -0.05) is 6.42 Å². The molecule has 1 saturated carbocycles. The Balaban J connectivity index is 1.69. The van der Waals surface area contributed by atoms with E-state index in [1.165, 1.54) is 32.1 Å². The van der Waals surface area contributed by atoms with Gasteiger partial charge in [0.2, 0.25) is 0 Å². The summed E-state index contributed by atoms with van der Waals surface area (Å²) < 4.78 is 10.1. The Morgan fingerprint density at radius 3 is 2.42 bits per heavy atom. The first-order valence-electron chi connectivity index (χ1n) is 5.23. The zero-order valence-corrected chi connectivity index (χ0v) is 7.67. The third kappa shape index (κ3) is 2.20. The first-order valence-corrected chi connectivity index (χ1v) is 5.23. The van der Waals surface area contributed by atoms with E-state index >= 15 is 0 Å². The van der Waals surface area contributed by atoms with E-state index in [2.05, 4.69) is 0 Å². The summed E-state index contributed by atoms with van der Waals surface area (Å²) in [6, 6.07) is 0. The van der Waals surface area contributed by atoms with Crippen LogP contribution in [0.2, 0.25) is 0 Å². The minimum absolute atomic E-state index is 0.535. The van der Waals surface area contributed by atoms with Crippen LogP contribution in [0.3, 0.4) is 0 Å². The monoisotopic (exact) mass is 171 g/mol. The molecule has 1 unspecified atom stereocenters. The largest absolute Gasteiger partial charge is 0.427 e. The zero-order chi connectivity index (χ0) is 8.23. The predicted molar refractivity (Wildman–Crippen MR) is 48.3 cm³/mol. The van der Waals surface area contributed by atoms with Gasteiger partial charge >= 0.3 is 0 Å². The maximum Gasteiger partial charge on any atom is 0.180 e. The van der Waals surface area contributed by atoms with Crippen molar-refractivity contribution in [3.63, 3.8) is 0 Å². The van der Waals surface area contributed by atoms with Crippen LogP contribution in [-0.4, -0.2) is 30.2 Å². The number of ether oxygens (including phenoxy) is 2. The van der Waals surface area contributed by atoms with Gasteiger partial charge in [-0.2, -0.15) is 0 Å². The highest BCUT2D eigenvalue weighted by Crippen LogP contribution is 2.21. The van der Waals surface area contributed by atoms with Crippen molar-refractivity contribution in [1.82, 2.24) is 0 Å². The van der Waals surface area contributed by atoms with Crippen molar-refractivity contribution in [2.45, 2.75) is 50.7 Å². The second-order valence-corrected chi connectivity index (χ2v) is 3.96. The van der Waals surface area contributed by atoms with E-state index in [0.717, 1.165) is 19.6 Å². The van der Waals surface area contributed by atoms with Crippen LogP contribution in [0.25, 0.3) is 0 Å². The van der Waals surface area contributed by atoms with E-state index in [4.69, 9.17) is 9.47 Å². The highest BCUT2D eigenvalue weighted by molar-refractivity contribution is 4.69. The SMILES string of the molecule is C1CCC([OH+]C2CCOC2)CC1. The average Bonchev–Trinajstić information content (AvgIpc) is 2.59. The molecule has 0 radical (unpaired) electrons. The maximum absolute atomic E-state index is 5.30. The summed E-state index contributed by atoms with van der Waals surface area (Å²) in [5, 5.41) is 0. The summed E-state index contributed by atoms with van der Waals surface area (Å²) in [5.41, 5.74) is 0. The average molecular weight is 171 g/mol. The molecule has 1 saturated heterocycles. The van der Waals surface area contributed by atoms with Gasteiger partial charge in [-0.05, 0) is 12.8 Å². The molecule has 1 aliphatic carbocycles. The van der Waals surface area contributed by atoms with Crippen molar-refractivity contribution in [3.8, 4) is 0 Å². The van der Waals surface area contributed by atoms with Crippen molar-refractivity contribution in [3.05, 3.63) is 0 Å². The molecule has 1 aliphatic heterocycles. The fourth-order valence-corrected chi connectivity index (χ4v) is 2.17. The summed E-state index contributed by atoms with van der Waals surface area (Å²) in [7, 11) is 0. The maximum atomic E-state index is 5.30. The Morgan fingerprint density at radius 1 is 0.917 bits per heavy atom. The highest BCUT2D eigenvalue weighted by atomic mass is 16.5. The second-order valence-electron chi connectivity index (χ2n) is 3.96. The standard InChI is InChI=1S/C10H18O2/c1-2-4-9(5-3-1)12-10-6-7-11-8-10/h9-10H,1-8H2/p+1. The van der Waals surface area contributed by atoms with Crippen molar-refractivity contribution in [2.24, 2.45) is 0 Å². The van der Waals surface area contributed by atoms with E-state index in [1.54, 1.807) is 0 Å². The Bertz CT molecular complexity index is 124. The molecule has 0 aromatic heterocycles. The molecule has 70 valence electrons. The summed E-state index contributed by atoms with van der Waals surface area (Å²) >= 11 is 0. The minimum Gasteiger partial charge on any atom is -0.427 e. The number of aliphatic hydroxyl groups is 2. The number of rotatable bonds is 2. The summed E-state index contributed by atoms with van der Waals surface area (Å²) in [4.78, 5) is 0. The fraction of sp³-hybridized carbons (Fsp3) is 1.00. The molecule has 0 aromatic carbocycles. The quantitative estimate of drug-likeness (QED) is 0.579. The lowest BCUT2D eigenvalue weighted by molar-refractivity contribution is -0.169. The Morgan fingerprint density at radius 2 is 1.75 bits per heavy atom. The summed E-state index contributed by atoms with van der Waals surface area (Å²) in [5.74, 6) is 0. The predicted octanol–water partition coefficient (Wildman–Crippen LogP) is 1.64. The van der Waals surface area contributed by atoms with Gasteiger partial charge in [-0.3, -0.25) is 0 Å². The first kappa shape index (κ1) is 8.52. The number of hydrogen-bond acceptors (Lipinski definition) is 1. The van der Waals surface area contributed by atoms with Crippen LogP contribution >= 0.6 is 0 Å². The molecule has 0 amide bonds. The van der Waals surface area contributed by atoms with Crippen LogP contribution in [0.4, 0.5) is 0 Å². The Labute approximate surface area is 74.2 Å². The molecule has 2 aliphatic rings. The van der Waals surface area contributed by atoms with E-state index < -0.39 is 0 Å². The van der Waals surface area contributed by atoms with Crippen molar-refractivity contribution in [1.29, 1.82) is 0 Å². The van der Waals surface area contributed by atoms with Crippen LogP contribution in [0.5, 0.6) is 0 Å². The normalized spacial score (nSPS) is 32.5. The van der Waals surface area contributed by atoms with Gasteiger partial charge < -0.3 is 9.47 Å². The highest BCUT2D eigenvalue weighted by Gasteiger charge is 2.26. The van der Waals surface area contributed by atoms with Crippen LogP contribution in [0, 0.1) is 0 Å². The van der Waals surface area contributed by atoms with Crippen LogP contribution < -0.4 is 0 Å². The van der Waals surface area contributed by atoms with E-state index in [1.807, 2.05) is 0 Å². The molecule has 2 heteroatoms. The topological polar surface area (TPSA) is 22.0 Å². The van der Waals surface area contributed by atoms with Crippen molar-refractivity contribution >= 4 is 0 Å². The van der Waals surface area contributed by atoms with E-state index in [9.17, 15) is 0 Å². The van der Waals surface area contributed by atoms with Gasteiger partial charge in [0.05, 0.1) is 6.61 Å². The van der Waals surface area contributed by atoms with Crippen LogP contribution in [0.15, 0.2) is 0 Å². The molecular formula is C10H19O2+. The minimum atomic E-state index is 0.535. The van der Waals surface area contributed by atoms with Crippen LogP contribution in [-0.2, 0) is 4.74 Å². The molecule has 0 spiro atoms. The van der Waals surface area contributed by atoms with Gasteiger partial charge in [0.15, 0.2) is 12.2 Å². The van der Waals surface area contributed by atoms with Gasteiger partial charge in [0, 0.05) is 19.3 Å². The van der Waals surface area contributed by atoms with Gasteiger partial charge in [-0.15, -0.1) is 0 Å². The molecular weight excluding hydrogens is 152 g/mol. The third-order valence-electron chi connectivity index (χ3n) is 2.90. The summed E-state index contributed by atoms with van der Waals surface area (Å²) in [6.45, 7) is 1.82. The fourth-order valence-electron chi connectivity index (χ4n) is 2.17. The molecule has 2 rings (SSSR count). The Hall–Kier alpha value is -0.0800. The Kier molecular flexibility index (Phi) is 3.01. The molecule has 0 aromatic rings.